The van der Waals surface area contributed by atoms with E-state index in [4.69, 9.17) is 14.2 Å². The van der Waals surface area contributed by atoms with E-state index in [0.29, 0.717) is 27.1 Å². The second-order valence-corrected chi connectivity index (χ2v) is 5.68. The van der Waals surface area contributed by atoms with Gasteiger partial charge in [0.25, 0.3) is 5.69 Å². The zero-order valence-electron chi connectivity index (χ0n) is 11.8. The number of benzene rings is 2. The number of nitro groups is 1. The van der Waals surface area contributed by atoms with Crippen LogP contribution in [0.3, 0.4) is 0 Å². The zero-order chi connectivity index (χ0) is 16.4. The Morgan fingerprint density at radius 1 is 1.35 bits per heavy atom. The van der Waals surface area contributed by atoms with Crippen LogP contribution >= 0.6 is 15.9 Å². The molecule has 0 amide bonds. The maximum absolute atomic E-state index is 13.1. The minimum atomic E-state index is -0.480. The Hall–Kier alpha value is -2.19. The van der Waals surface area contributed by atoms with E-state index in [2.05, 4.69) is 15.9 Å². The third kappa shape index (κ3) is 3.43. The molecule has 0 saturated heterocycles. The quantitative estimate of drug-likeness (QED) is 0.590. The molecule has 0 aliphatic carbocycles. The maximum atomic E-state index is 13.1. The Morgan fingerprint density at radius 2 is 2.17 bits per heavy atom. The molecule has 2 aromatic rings. The predicted molar refractivity (Wildman–Crippen MR) is 81.8 cm³/mol. The lowest BCUT2D eigenvalue weighted by molar-refractivity contribution is -0.385. The first-order chi connectivity index (χ1) is 11.0. The normalized spacial score (nSPS) is 13.1. The van der Waals surface area contributed by atoms with Gasteiger partial charge in [0.1, 0.15) is 23.9 Å². The second kappa shape index (κ2) is 6.51. The molecule has 120 valence electrons. The summed E-state index contributed by atoms with van der Waals surface area (Å²) in [4.78, 5) is 10.6. The van der Waals surface area contributed by atoms with Crippen molar-refractivity contribution in [3.05, 3.63) is 61.9 Å². The van der Waals surface area contributed by atoms with E-state index in [-0.39, 0.29) is 25.7 Å². The molecule has 23 heavy (non-hydrogen) atoms. The van der Waals surface area contributed by atoms with Crippen LogP contribution in [0, 0.1) is 15.9 Å². The fraction of sp³-hybridized carbons (Fsp3) is 0.200. The van der Waals surface area contributed by atoms with Gasteiger partial charge < -0.3 is 14.2 Å². The fourth-order valence-corrected chi connectivity index (χ4v) is 2.71. The standard InChI is InChI=1S/C15H11BrFNO5/c16-13-5-11(17)1-2-14(13)22-7-10-4-12(18(19)20)3-9-6-21-8-23-15(9)10/h1-5H,6-8H2. The number of halogens is 2. The highest BCUT2D eigenvalue weighted by atomic mass is 79.9. The molecule has 0 unspecified atom stereocenters. The van der Waals surface area contributed by atoms with Gasteiger partial charge in [-0.3, -0.25) is 10.1 Å². The molecule has 1 aliphatic rings. The van der Waals surface area contributed by atoms with Crippen molar-refractivity contribution in [2.75, 3.05) is 6.79 Å². The first-order valence-corrected chi connectivity index (χ1v) is 7.42. The molecule has 6 nitrogen and oxygen atoms in total. The molecule has 0 spiro atoms. The van der Waals surface area contributed by atoms with Crippen molar-refractivity contribution in [3.8, 4) is 11.5 Å². The SMILES string of the molecule is O=[N+]([O-])c1cc2c(c(COc3ccc(F)cc3Br)c1)OCOC2. The smallest absolute Gasteiger partial charge is 0.270 e. The van der Waals surface area contributed by atoms with Gasteiger partial charge >= 0.3 is 0 Å². The fourth-order valence-electron chi connectivity index (χ4n) is 2.24. The highest BCUT2D eigenvalue weighted by molar-refractivity contribution is 9.10. The van der Waals surface area contributed by atoms with Crippen LogP contribution in [0.4, 0.5) is 10.1 Å². The lowest BCUT2D eigenvalue weighted by Gasteiger charge is -2.20. The number of hydrogen-bond acceptors (Lipinski definition) is 5. The van der Waals surface area contributed by atoms with Crippen LogP contribution in [0.25, 0.3) is 0 Å². The summed E-state index contributed by atoms with van der Waals surface area (Å²) in [6.07, 6.45) is 0. The van der Waals surface area contributed by atoms with Crippen molar-refractivity contribution in [1.82, 2.24) is 0 Å². The van der Waals surface area contributed by atoms with Crippen molar-refractivity contribution in [2.45, 2.75) is 13.2 Å². The number of hydrogen-bond donors (Lipinski definition) is 0. The number of rotatable bonds is 4. The average Bonchev–Trinajstić information content (AvgIpc) is 2.53. The van der Waals surface area contributed by atoms with Crippen molar-refractivity contribution < 1.29 is 23.5 Å². The number of non-ortho nitro benzene ring substituents is 1. The number of ether oxygens (including phenoxy) is 3. The molecular weight excluding hydrogens is 373 g/mol. The summed E-state index contributed by atoms with van der Waals surface area (Å²) in [6.45, 7) is 0.372. The van der Waals surface area contributed by atoms with E-state index in [1.165, 1.54) is 30.3 Å². The number of fused-ring (bicyclic) bond motifs is 1. The molecule has 8 heteroatoms. The van der Waals surface area contributed by atoms with Gasteiger partial charge in [0.05, 0.1) is 16.0 Å². The summed E-state index contributed by atoms with van der Waals surface area (Å²) >= 11 is 3.21. The molecule has 0 fully saturated rings. The monoisotopic (exact) mass is 383 g/mol. The molecule has 0 N–H and O–H groups in total. The Labute approximate surface area is 139 Å². The van der Waals surface area contributed by atoms with Crippen molar-refractivity contribution in [1.29, 1.82) is 0 Å². The molecule has 0 bridgehead atoms. The van der Waals surface area contributed by atoms with Gasteiger partial charge in [0, 0.05) is 23.3 Å². The van der Waals surface area contributed by atoms with Crippen LogP contribution in [-0.4, -0.2) is 11.7 Å². The van der Waals surface area contributed by atoms with E-state index in [1.807, 2.05) is 0 Å². The zero-order valence-corrected chi connectivity index (χ0v) is 13.3. The first kappa shape index (κ1) is 15.7. The molecule has 1 aliphatic heterocycles. The largest absolute Gasteiger partial charge is 0.488 e. The van der Waals surface area contributed by atoms with Gasteiger partial charge in [-0.2, -0.15) is 0 Å². The van der Waals surface area contributed by atoms with Crippen LogP contribution in [-0.2, 0) is 18.0 Å². The van der Waals surface area contributed by atoms with Gasteiger partial charge in [-0.15, -0.1) is 0 Å². The summed E-state index contributed by atoms with van der Waals surface area (Å²) in [7, 11) is 0. The third-order valence-corrected chi connectivity index (χ3v) is 3.88. The van der Waals surface area contributed by atoms with E-state index >= 15 is 0 Å². The third-order valence-electron chi connectivity index (χ3n) is 3.26. The maximum Gasteiger partial charge on any atom is 0.270 e. The van der Waals surface area contributed by atoms with Crippen LogP contribution < -0.4 is 9.47 Å². The summed E-state index contributed by atoms with van der Waals surface area (Å²) in [5, 5.41) is 11.0. The van der Waals surface area contributed by atoms with Gasteiger partial charge in [-0.1, -0.05) is 0 Å². The average molecular weight is 384 g/mol. The van der Waals surface area contributed by atoms with E-state index in [0.717, 1.165) is 0 Å². The highest BCUT2D eigenvalue weighted by Gasteiger charge is 2.21. The molecule has 0 aromatic heterocycles. The van der Waals surface area contributed by atoms with E-state index in [1.54, 1.807) is 0 Å². The van der Waals surface area contributed by atoms with Crippen molar-refractivity contribution >= 4 is 21.6 Å². The van der Waals surface area contributed by atoms with Gasteiger partial charge in [0.15, 0.2) is 6.79 Å². The van der Waals surface area contributed by atoms with Crippen molar-refractivity contribution in [2.24, 2.45) is 0 Å². The topological polar surface area (TPSA) is 70.8 Å². The molecular formula is C15H11BrFNO5. The summed E-state index contributed by atoms with van der Waals surface area (Å²) in [5.74, 6) is 0.566. The lowest BCUT2D eigenvalue weighted by atomic mass is 10.1. The first-order valence-electron chi connectivity index (χ1n) is 6.63. The molecule has 2 aromatic carbocycles. The Bertz CT molecular complexity index is 768. The highest BCUT2D eigenvalue weighted by Crippen LogP contribution is 2.34. The Morgan fingerprint density at radius 3 is 2.91 bits per heavy atom. The van der Waals surface area contributed by atoms with E-state index in [9.17, 15) is 14.5 Å². The minimum absolute atomic E-state index is 0.0498. The molecule has 3 rings (SSSR count). The molecule has 0 saturated carbocycles. The lowest BCUT2D eigenvalue weighted by Crippen LogP contribution is -2.14. The van der Waals surface area contributed by atoms with Crippen LogP contribution in [0.5, 0.6) is 11.5 Å². The van der Waals surface area contributed by atoms with Gasteiger partial charge in [-0.25, -0.2) is 4.39 Å². The van der Waals surface area contributed by atoms with Gasteiger partial charge in [0.2, 0.25) is 0 Å². The van der Waals surface area contributed by atoms with Crippen LogP contribution in [0.2, 0.25) is 0 Å². The summed E-state index contributed by atoms with van der Waals surface area (Å²) in [6, 6.07) is 6.86. The number of nitrogens with zero attached hydrogens (tertiary/aromatic N) is 1. The van der Waals surface area contributed by atoms with Crippen LogP contribution in [0.1, 0.15) is 11.1 Å². The van der Waals surface area contributed by atoms with Crippen molar-refractivity contribution in [3.63, 3.8) is 0 Å². The second-order valence-electron chi connectivity index (χ2n) is 4.82. The van der Waals surface area contributed by atoms with Crippen LogP contribution in [0.15, 0.2) is 34.8 Å². The number of nitro benzene ring substituents is 1. The Balaban J connectivity index is 1.89. The molecule has 1 heterocycles. The summed E-state index contributed by atoms with van der Waals surface area (Å²) < 4.78 is 29.7. The van der Waals surface area contributed by atoms with Gasteiger partial charge in [-0.05, 0) is 34.1 Å². The predicted octanol–water partition coefficient (Wildman–Crippen LogP) is 3.94. The minimum Gasteiger partial charge on any atom is -0.488 e. The molecule has 0 atom stereocenters. The summed E-state index contributed by atoms with van der Waals surface area (Å²) in [5.41, 5.74) is 1.07. The van der Waals surface area contributed by atoms with E-state index < -0.39 is 10.7 Å². The molecule has 0 radical (unpaired) electrons. The Kier molecular flexibility index (Phi) is 4.44.